The first kappa shape index (κ1) is 19.8. The number of thiophene rings is 1. The molecule has 29 heavy (non-hydrogen) atoms. The number of benzene rings is 1. The number of hydrogen-bond acceptors (Lipinski definition) is 6. The average molecular weight is 434 g/mol. The van der Waals surface area contributed by atoms with Crippen LogP contribution in [0, 0.1) is 0 Å². The van der Waals surface area contributed by atoms with Gasteiger partial charge in [-0.25, -0.2) is 4.79 Å². The summed E-state index contributed by atoms with van der Waals surface area (Å²) in [5.41, 5.74) is 2.66. The van der Waals surface area contributed by atoms with Crippen LogP contribution in [-0.2, 0) is 9.47 Å². The molecule has 1 aromatic carbocycles. The largest absolute Gasteiger partial charge is 0.442 e. The standard InChI is InChI=1S/C20H20ClN3O4S/c1-13-12-27-9-8-23(13)14-2-4-15(5-3-14)24-11-16(28-20(24)26)10-22-19(25)17-6-7-18(21)29-17/h2-7,16H,1,8-12H2,(H,22,25)/t16-/m0/s1. The Balaban J connectivity index is 1.35. The molecule has 0 saturated carbocycles. The van der Waals surface area contributed by atoms with Crippen LogP contribution in [0.5, 0.6) is 0 Å². The fraction of sp³-hybridized carbons (Fsp3) is 0.300. The molecule has 0 aliphatic carbocycles. The van der Waals surface area contributed by atoms with Gasteiger partial charge in [-0.15, -0.1) is 11.3 Å². The second-order valence-electron chi connectivity index (χ2n) is 6.72. The molecule has 0 radical (unpaired) electrons. The Hall–Kier alpha value is -2.55. The number of carbonyl (C=O) groups is 2. The van der Waals surface area contributed by atoms with Gasteiger partial charge in [0, 0.05) is 23.6 Å². The lowest BCUT2D eigenvalue weighted by Gasteiger charge is -2.31. The van der Waals surface area contributed by atoms with Gasteiger partial charge in [0.1, 0.15) is 6.10 Å². The second kappa shape index (κ2) is 8.44. The van der Waals surface area contributed by atoms with Crippen LogP contribution in [-0.4, -0.2) is 51.0 Å². The Bertz CT molecular complexity index is 930. The van der Waals surface area contributed by atoms with Crippen molar-refractivity contribution < 1.29 is 19.1 Å². The normalized spacial score (nSPS) is 19.4. The van der Waals surface area contributed by atoms with E-state index in [1.54, 1.807) is 17.0 Å². The number of nitrogens with one attached hydrogen (secondary N) is 1. The van der Waals surface area contributed by atoms with Crippen molar-refractivity contribution >= 4 is 46.3 Å². The lowest BCUT2D eigenvalue weighted by Crippen LogP contribution is -2.34. The zero-order valence-corrected chi connectivity index (χ0v) is 17.2. The van der Waals surface area contributed by atoms with E-state index in [0.29, 0.717) is 29.0 Å². The Labute approximate surface area is 177 Å². The highest BCUT2D eigenvalue weighted by molar-refractivity contribution is 7.17. The summed E-state index contributed by atoms with van der Waals surface area (Å²) in [6, 6.07) is 11.0. The zero-order valence-electron chi connectivity index (χ0n) is 15.6. The molecule has 2 aromatic rings. The molecule has 2 amide bonds. The van der Waals surface area contributed by atoms with Gasteiger partial charge in [0.25, 0.3) is 5.91 Å². The van der Waals surface area contributed by atoms with E-state index < -0.39 is 12.2 Å². The summed E-state index contributed by atoms with van der Waals surface area (Å²) >= 11 is 7.06. The fourth-order valence-electron chi connectivity index (χ4n) is 3.27. The first-order chi connectivity index (χ1) is 14.0. The van der Waals surface area contributed by atoms with Crippen molar-refractivity contribution in [2.75, 3.05) is 42.6 Å². The number of morpholine rings is 1. The highest BCUT2D eigenvalue weighted by Gasteiger charge is 2.32. The molecule has 9 heteroatoms. The molecule has 4 rings (SSSR count). The monoisotopic (exact) mass is 433 g/mol. The second-order valence-corrected chi connectivity index (χ2v) is 8.43. The maximum absolute atomic E-state index is 12.3. The van der Waals surface area contributed by atoms with Gasteiger partial charge >= 0.3 is 6.09 Å². The molecule has 1 atom stereocenters. The third-order valence-electron chi connectivity index (χ3n) is 4.74. The minimum absolute atomic E-state index is 0.230. The van der Waals surface area contributed by atoms with Gasteiger partial charge in [0.05, 0.1) is 35.5 Å². The Morgan fingerprint density at radius 2 is 1.93 bits per heavy atom. The smallest absolute Gasteiger partial charge is 0.414 e. The Morgan fingerprint density at radius 3 is 2.59 bits per heavy atom. The third-order valence-corrected chi connectivity index (χ3v) is 5.97. The summed E-state index contributed by atoms with van der Waals surface area (Å²) in [7, 11) is 0. The van der Waals surface area contributed by atoms with Gasteiger partial charge in [-0.2, -0.15) is 0 Å². The van der Waals surface area contributed by atoms with Crippen LogP contribution < -0.4 is 15.1 Å². The van der Waals surface area contributed by atoms with E-state index >= 15 is 0 Å². The van der Waals surface area contributed by atoms with E-state index in [-0.39, 0.29) is 12.5 Å². The van der Waals surface area contributed by atoms with Crippen molar-refractivity contribution in [2.24, 2.45) is 0 Å². The minimum atomic E-state index is -0.424. The summed E-state index contributed by atoms with van der Waals surface area (Å²) in [6.45, 7) is 6.56. The molecule has 2 fully saturated rings. The summed E-state index contributed by atoms with van der Waals surface area (Å²) in [5.74, 6) is -0.230. The van der Waals surface area contributed by atoms with E-state index in [0.717, 1.165) is 23.6 Å². The van der Waals surface area contributed by atoms with E-state index in [1.807, 2.05) is 24.3 Å². The first-order valence-corrected chi connectivity index (χ1v) is 10.4. The van der Waals surface area contributed by atoms with Gasteiger partial charge in [0.2, 0.25) is 0 Å². The minimum Gasteiger partial charge on any atom is -0.442 e. The number of nitrogens with zero attached hydrogens (tertiary/aromatic N) is 2. The summed E-state index contributed by atoms with van der Waals surface area (Å²) < 4.78 is 11.3. The third kappa shape index (κ3) is 4.39. The summed E-state index contributed by atoms with van der Waals surface area (Å²) in [4.78, 5) is 28.6. The van der Waals surface area contributed by atoms with E-state index in [2.05, 4.69) is 16.8 Å². The van der Waals surface area contributed by atoms with Crippen LogP contribution in [0.4, 0.5) is 16.2 Å². The van der Waals surface area contributed by atoms with E-state index in [4.69, 9.17) is 21.1 Å². The summed E-state index contributed by atoms with van der Waals surface area (Å²) in [5, 5.41) is 2.78. The SMILES string of the molecule is C=C1COCCN1c1ccc(N2C[C@H](CNC(=O)c3ccc(Cl)s3)OC2=O)cc1. The molecular weight excluding hydrogens is 414 g/mol. The number of rotatable bonds is 5. The van der Waals surface area contributed by atoms with Crippen molar-refractivity contribution in [1.29, 1.82) is 0 Å². The molecule has 7 nitrogen and oxygen atoms in total. The van der Waals surface area contributed by atoms with Crippen molar-refractivity contribution in [3.63, 3.8) is 0 Å². The Kier molecular flexibility index (Phi) is 5.75. The number of hydrogen-bond donors (Lipinski definition) is 1. The van der Waals surface area contributed by atoms with E-state index in [9.17, 15) is 9.59 Å². The van der Waals surface area contributed by atoms with Gasteiger partial charge in [-0.3, -0.25) is 9.69 Å². The molecule has 0 unspecified atom stereocenters. The van der Waals surface area contributed by atoms with Crippen LogP contribution >= 0.6 is 22.9 Å². The molecule has 1 N–H and O–H groups in total. The van der Waals surface area contributed by atoms with E-state index in [1.165, 1.54) is 11.3 Å². The lowest BCUT2D eigenvalue weighted by atomic mass is 10.2. The van der Waals surface area contributed by atoms with Crippen LogP contribution in [0.2, 0.25) is 4.34 Å². The zero-order chi connectivity index (χ0) is 20.4. The molecule has 1 aromatic heterocycles. The number of cyclic esters (lactones) is 1. The number of anilines is 2. The predicted molar refractivity (Wildman–Crippen MR) is 113 cm³/mol. The fourth-order valence-corrected chi connectivity index (χ4v) is 4.23. The molecule has 3 heterocycles. The van der Waals surface area contributed by atoms with Gasteiger partial charge < -0.3 is 19.7 Å². The number of amides is 2. The molecule has 2 aliphatic rings. The average Bonchev–Trinajstić information content (AvgIpc) is 3.32. The van der Waals surface area contributed by atoms with Crippen LogP contribution in [0.3, 0.4) is 0 Å². The number of ether oxygens (including phenoxy) is 2. The predicted octanol–water partition coefficient (Wildman–Crippen LogP) is 3.51. The van der Waals surface area contributed by atoms with Gasteiger partial charge in [-0.05, 0) is 36.4 Å². The highest BCUT2D eigenvalue weighted by Crippen LogP contribution is 2.27. The topological polar surface area (TPSA) is 71.1 Å². The molecular formula is C20H20ClN3O4S. The van der Waals surface area contributed by atoms with Gasteiger partial charge in [-0.1, -0.05) is 18.2 Å². The van der Waals surface area contributed by atoms with Crippen molar-refractivity contribution in [1.82, 2.24) is 5.32 Å². The number of halogens is 1. The number of carbonyl (C=O) groups excluding carboxylic acids is 2. The van der Waals surface area contributed by atoms with Crippen molar-refractivity contribution in [2.45, 2.75) is 6.10 Å². The molecule has 2 saturated heterocycles. The molecule has 152 valence electrons. The summed E-state index contributed by atoms with van der Waals surface area (Å²) in [6.07, 6.45) is -0.840. The maximum atomic E-state index is 12.3. The lowest BCUT2D eigenvalue weighted by molar-refractivity contribution is 0.0920. The molecule has 0 spiro atoms. The van der Waals surface area contributed by atoms with Crippen LogP contribution in [0.25, 0.3) is 0 Å². The molecule has 2 aliphatic heterocycles. The van der Waals surface area contributed by atoms with Crippen molar-refractivity contribution in [3.05, 3.63) is 57.9 Å². The quantitative estimate of drug-likeness (QED) is 0.781. The van der Waals surface area contributed by atoms with Crippen LogP contribution in [0.15, 0.2) is 48.7 Å². The van der Waals surface area contributed by atoms with Gasteiger partial charge in [0.15, 0.2) is 0 Å². The van der Waals surface area contributed by atoms with Crippen molar-refractivity contribution in [3.8, 4) is 0 Å². The maximum Gasteiger partial charge on any atom is 0.414 e. The first-order valence-electron chi connectivity index (χ1n) is 9.16. The highest BCUT2D eigenvalue weighted by atomic mass is 35.5. The van der Waals surface area contributed by atoms with Crippen LogP contribution in [0.1, 0.15) is 9.67 Å². The Morgan fingerprint density at radius 1 is 1.21 bits per heavy atom. The molecule has 0 bridgehead atoms.